The average molecular weight is 245 g/mol. The van der Waals surface area contributed by atoms with Crippen molar-refractivity contribution in [1.29, 1.82) is 5.26 Å². The number of anilines is 2. The lowest BCUT2D eigenvalue weighted by Crippen LogP contribution is -2.16. The summed E-state index contributed by atoms with van der Waals surface area (Å²) in [6.07, 6.45) is 5.53. The van der Waals surface area contributed by atoms with Crippen molar-refractivity contribution in [2.24, 2.45) is 0 Å². The van der Waals surface area contributed by atoms with Crippen molar-refractivity contribution in [1.82, 2.24) is 9.97 Å². The van der Waals surface area contributed by atoms with Crippen LogP contribution in [0.15, 0.2) is 6.07 Å². The van der Waals surface area contributed by atoms with Crippen LogP contribution in [0.3, 0.4) is 0 Å². The molecule has 2 rings (SSSR count). The van der Waals surface area contributed by atoms with Crippen LogP contribution in [0.1, 0.15) is 37.9 Å². The van der Waals surface area contributed by atoms with Gasteiger partial charge < -0.3 is 10.6 Å². The second-order valence-electron chi connectivity index (χ2n) is 4.65. The van der Waals surface area contributed by atoms with E-state index in [0.29, 0.717) is 19.0 Å². The van der Waals surface area contributed by atoms with Gasteiger partial charge in [0.15, 0.2) is 0 Å². The second-order valence-corrected chi connectivity index (χ2v) is 4.65. The van der Waals surface area contributed by atoms with Crippen molar-refractivity contribution in [3.8, 4) is 6.07 Å². The monoisotopic (exact) mass is 245 g/mol. The fourth-order valence-electron chi connectivity index (χ4n) is 2.26. The summed E-state index contributed by atoms with van der Waals surface area (Å²) in [6, 6.07) is 4.57. The number of aryl methyl sites for hydroxylation is 1. The van der Waals surface area contributed by atoms with Crippen LogP contribution in [0.4, 0.5) is 11.6 Å². The first-order valence-corrected chi connectivity index (χ1v) is 6.51. The van der Waals surface area contributed by atoms with E-state index in [4.69, 9.17) is 5.26 Å². The maximum atomic E-state index is 8.51. The quantitative estimate of drug-likeness (QED) is 0.779. The van der Waals surface area contributed by atoms with Gasteiger partial charge in [0.1, 0.15) is 17.5 Å². The molecule has 5 heteroatoms. The highest BCUT2D eigenvalue weighted by atomic mass is 15.1. The highest BCUT2D eigenvalue weighted by molar-refractivity contribution is 5.48. The zero-order chi connectivity index (χ0) is 12.8. The minimum Gasteiger partial charge on any atom is -0.369 e. The Balaban J connectivity index is 1.99. The molecule has 1 aromatic heterocycles. The third-order valence-electron chi connectivity index (χ3n) is 3.09. The predicted octanol–water partition coefficient (Wildman–Crippen LogP) is 2.47. The van der Waals surface area contributed by atoms with Gasteiger partial charge in [0.05, 0.1) is 12.5 Å². The van der Waals surface area contributed by atoms with E-state index in [1.807, 2.05) is 13.0 Å². The minimum atomic E-state index is 0.481. The second kappa shape index (κ2) is 6.20. The first kappa shape index (κ1) is 12.6. The van der Waals surface area contributed by atoms with Crippen LogP contribution in [0.25, 0.3) is 0 Å². The molecule has 0 amide bonds. The molecule has 0 aromatic carbocycles. The van der Waals surface area contributed by atoms with Gasteiger partial charge in [0, 0.05) is 18.7 Å². The van der Waals surface area contributed by atoms with E-state index in [1.54, 1.807) is 0 Å². The van der Waals surface area contributed by atoms with Gasteiger partial charge in [-0.2, -0.15) is 5.26 Å². The van der Waals surface area contributed by atoms with Crippen molar-refractivity contribution in [2.45, 2.75) is 45.1 Å². The smallest absolute Gasteiger partial charge is 0.132 e. The Morgan fingerprint density at radius 2 is 2.06 bits per heavy atom. The maximum absolute atomic E-state index is 8.51. The van der Waals surface area contributed by atoms with E-state index in [-0.39, 0.29) is 0 Å². The number of rotatable bonds is 5. The molecular formula is C13H19N5. The predicted molar refractivity (Wildman–Crippen MR) is 71.4 cm³/mol. The topological polar surface area (TPSA) is 73.6 Å². The van der Waals surface area contributed by atoms with Crippen molar-refractivity contribution in [2.75, 3.05) is 17.2 Å². The van der Waals surface area contributed by atoms with Gasteiger partial charge in [-0.15, -0.1) is 0 Å². The zero-order valence-electron chi connectivity index (χ0n) is 10.7. The largest absolute Gasteiger partial charge is 0.369 e. The third kappa shape index (κ3) is 3.59. The Labute approximate surface area is 108 Å². The van der Waals surface area contributed by atoms with Crippen molar-refractivity contribution >= 4 is 11.6 Å². The van der Waals surface area contributed by atoms with E-state index in [2.05, 4.69) is 26.7 Å². The van der Waals surface area contributed by atoms with Crippen LogP contribution in [0.5, 0.6) is 0 Å². The summed E-state index contributed by atoms with van der Waals surface area (Å²) in [5, 5.41) is 15.1. The van der Waals surface area contributed by atoms with Crippen molar-refractivity contribution in [3.05, 3.63) is 11.9 Å². The molecule has 1 aromatic rings. The number of hydrogen-bond donors (Lipinski definition) is 2. The molecule has 5 nitrogen and oxygen atoms in total. The van der Waals surface area contributed by atoms with Gasteiger partial charge >= 0.3 is 0 Å². The number of nitrogens with zero attached hydrogens (tertiary/aromatic N) is 3. The molecule has 1 aliphatic carbocycles. The van der Waals surface area contributed by atoms with Crippen LogP contribution >= 0.6 is 0 Å². The SMILES string of the molecule is Cc1nc(NCCC#N)cc(NC2CCCC2)n1. The normalized spacial score (nSPS) is 15.3. The van der Waals surface area contributed by atoms with Gasteiger partial charge in [-0.3, -0.25) is 0 Å². The van der Waals surface area contributed by atoms with Gasteiger partial charge in [0.2, 0.25) is 0 Å². The van der Waals surface area contributed by atoms with Crippen LogP contribution in [0, 0.1) is 18.3 Å². The molecule has 1 fully saturated rings. The summed E-state index contributed by atoms with van der Waals surface area (Å²) < 4.78 is 0. The molecule has 0 atom stereocenters. The maximum Gasteiger partial charge on any atom is 0.132 e. The average Bonchev–Trinajstić information content (AvgIpc) is 2.81. The van der Waals surface area contributed by atoms with E-state index in [0.717, 1.165) is 17.5 Å². The first-order chi connectivity index (χ1) is 8.78. The van der Waals surface area contributed by atoms with Crippen LogP contribution in [-0.4, -0.2) is 22.6 Å². The van der Waals surface area contributed by atoms with Crippen molar-refractivity contribution in [3.63, 3.8) is 0 Å². The lowest BCUT2D eigenvalue weighted by molar-refractivity contribution is 0.748. The summed E-state index contributed by atoms with van der Waals surface area (Å²) in [5.41, 5.74) is 0. The van der Waals surface area contributed by atoms with Crippen LogP contribution in [-0.2, 0) is 0 Å². The molecule has 1 heterocycles. The molecule has 0 radical (unpaired) electrons. The zero-order valence-corrected chi connectivity index (χ0v) is 10.7. The Hall–Kier alpha value is -1.83. The third-order valence-corrected chi connectivity index (χ3v) is 3.09. The van der Waals surface area contributed by atoms with Gasteiger partial charge in [-0.25, -0.2) is 9.97 Å². The highest BCUT2D eigenvalue weighted by Crippen LogP contribution is 2.22. The standard InChI is InChI=1S/C13H19N5/c1-10-16-12(15-8-4-7-14)9-13(17-10)18-11-5-2-3-6-11/h9,11H,2-6,8H2,1H3,(H2,15,16,17,18). The minimum absolute atomic E-state index is 0.481. The summed E-state index contributed by atoms with van der Waals surface area (Å²) in [6.45, 7) is 2.51. The molecule has 0 bridgehead atoms. The van der Waals surface area contributed by atoms with Gasteiger partial charge in [-0.1, -0.05) is 12.8 Å². The molecule has 1 saturated carbocycles. The molecule has 2 N–H and O–H groups in total. The first-order valence-electron chi connectivity index (χ1n) is 6.51. The van der Waals surface area contributed by atoms with Crippen LogP contribution < -0.4 is 10.6 Å². The number of hydrogen-bond acceptors (Lipinski definition) is 5. The molecule has 1 aliphatic rings. The van der Waals surface area contributed by atoms with Crippen molar-refractivity contribution < 1.29 is 0 Å². The van der Waals surface area contributed by atoms with E-state index < -0.39 is 0 Å². The number of aromatic nitrogens is 2. The number of nitrogens with one attached hydrogen (secondary N) is 2. The summed E-state index contributed by atoms with van der Waals surface area (Å²) in [5.74, 6) is 2.42. The number of nitriles is 1. The van der Waals surface area contributed by atoms with E-state index in [1.165, 1.54) is 25.7 Å². The lowest BCUT2D eigenvalue weighted by Gasteiger charge is -2.14. The molecule has 18 heavy (non-hydrogen) atoms. The summed E-state index contributed by atoms with van der Waals surface area (Å²) in [7, 11) is 0. The van der Waals surface area contributed by atoms with Gasteiger partial charge in [-0.05, 0) is 19.8 Å². The molecule has 0 saturated heterocycles. The molecule has 96 valence electrons. The van der Waals surface area contributed by atoms with Crippen LogP contribution in [0.2, 0.25) is 0 Å². The molecule has 0 spiro atoms. The Bertz CT molecular complexity index is 431. The summed E-state index contributed by atoms with van der Waals surface area (Å²) >= 11 is 0. The molecule has 0 aliphatic heterocycles. The van der Waals surface area contributed by atoms with E-state index in [9.17, 15) is 0 Å². The molecule has 0 unspecified atom stereocenters. The Kier molecular flexibility index (Phi) is 4.35. The lowest BCUT2D eigenvalue weighted by atomic mass is 10.2. The fraction of sp³-hybridized carbons (Fsp3) is 0.615. The Morgan fingerprint density at radius 1 is 1.33 bits per heavy atom. The van der Waals surface area contributed by atoms with Gasteiger partial charge in [0.25, 0.3) is 0 Å². The summed E-state index contributed by atoms with van der Waals surface area (Å²) in [4.78, 5) is 8.71. The fourth-order valence-corrected chi connectivity index (χ4v) is 2.26. The molecular weight excluding hydrogens is 226 g/mol. The Morgan fingerprint density at radius 3 is 2.78 bits per heavy atom. The van der Waals surface area contributed by atoms with E-state index >= 15 is 0 Å². The highest BCUT2D eigenvalue weighted by Gasteiger charge is 2.15.